The first-order valence-electron chi connectivity index (χ1n) is 8.15. The van der Waals surface area contributed by atoms with Gasteiger partial charge in [0, 0.05) is 10.4 Å². The number of amides is 2. The van der Waals surface area contributed by atoms with Crippen molar-refractivity contribution in [2.24, 2.45) is 11.7 Å². The number of anilines is 1. The van der Waals surface area contributed by atoms with Gasteiger partial charge in [-0.1, -0.05) is 43.7 Å². The number of nitrogens with zero attached hydrogens (tertiary/aromatic N) is 1. The first kappa shape index (κ1) is 19.1. The number of nitrogens with two attached hydrogens (primary N) is 1. The Bertz CT molecular complexity index is 753. The molecule has 0 saturated carbocycles. The van der Waals surface area contributed by atoms with Crippen LogP contribution < -0.4 is 16.4 Å². The van der Waals surface area contributed by atoms with Gasteiger partial charge in [-0.2, -0.15) is 0 Å². The molecule has 0 bridgehead atoms. The summed E-state index contributed by atoms with van der Waals surface area (Å²) in [7, 11) is 0. The van der Waals surface area contributed by atoms with Crippen LogP contribution >= 0.6 is 11.3 Å². The van der Waals surface area contributed by atoms with E-state index in [0.717, 1.165) is 16.1 Å². The predicted molar refractivity (Wildman–Crippen MR) is 101 cm³/mol. The minimum atomic E-state index is -0.622. The van der Waals surface area contributed by atoms with Crippen LogP contribution in [0.3, 0.4) is 0 Å². The highest BCUT2D eigenvalue weighted by Crippen LogP contribution is 2.30. The fraction of sp³-hybridized carbons (Fsp3) is 0.389. The van der Waals surface area contributed by atoms with Crippen molar-refractivity contribution in [1.82, 2.24) is 10.3 Å². The second kappa shape index (κ2) is 8.22. The number of aromatic nitrogens is 1. The van der Waals surface area contributed by atoms with Crippen LogP contribution in [0.15, 0.2) is 24.3 Å². The van der Waals surface area contributed by atoms with Crippen molar-refractivity contribution in [2.45, 2.75) is 33.7 Å². The summed E-state index contributed by atoms with van der Waals surface area (Å²) >= 11 is 1.41. The zero-order valence-electron chi connectivity index (χ0n) is 14.9. The van der Waals surface area contributed by atoms with Crippen LogP contribution in [0.5, 0.6) is 0 Å². The molecule has 1 heterocycles. The fourth-order valence-electron chi connectivity index (χ4n) is 2.18. The molecular weight excluding hydrogens is 336 g/mol. The summed E-state index contributed by atoms with van der Waals surface area (Å²) in [5.41, 5.74) is 8.79. The zero-order chi connectivity index (χ0) is 18.6. The van der Waals surface area contributed by atoms with E-state index in [1.54, 1.807) is 0 Å². The topological polar surface area (TPSA) is 97.1 Å². The van der Waals surface area contributed by atoms with Gasteiger partial charge in [0.05, 0.1) is 18.3 Å². The molecule has 0 spiro atoms. The quantitative estimate of drug-likeness (QED) is 0.737. The van der Waals surface area contributed by atoms with Crippen molar-refractivity contribution in [3.05, 3.63) is 34.7 Å². The molecule has 134 valence electrons. The van der Waals surface area contributed by atoms with E-state index in [-0.39, 0.29) is 24.3 Å². The number of nitrogens with one attached hydrogen (secondary N) is 2. The van der Waals surface area contributed by atoms with Crippen molar-refractivity contribution in [3.63, 3.8) is 0 Å². The first-order chi connectivity index (χ1) is 11.8. The molecule has 2 aromatic rings. The van der Waals surface area contributed by atoms with Gasteiger partial charge >= 0.3 is 0 Å². The number of hydrogen-bond acceptors (Lipinski definition) is 5. The van der Waals surface area contributed by atoms with E-state index in [0.29, 0.717) is 5.13 Å². The molecule has 0 aliphatic carbocycles. The van der Waals surface area contributed by atoms with Crippen LogP contribution in [-0.4, -0.2) is 29.4 Å². The minimum Gasteiger partial charge on any atom is -0.346 e. The maximum absolute atomic E-state index is 12.0. The summed E-state index contributed by atoms with van der Waals surface area (Å²) in [6, 6.07) is 7.45. The molecular formula is C18H24N4O2S. The monoisotopic (exact) mass is 360 g/mol. The van der Waals surface area contributed by atoms with Crippen LogP contribution in [0.1, 0.15) is 24.3 Å². The van der Waals surface area contributed by atoms with Crippen LogP contribution in [0.2, 0.25) is 0 Å². The lowest BCUT2D eigenvalue weighted by Gasteiger charge is -2.14. The number of thiazole rings is 1. The standard InChI is InChI=1S/C18H24N4O2S/c1-10(2)15(19)17(24)20-9-14(23)21-18-22-16(12(4)25-18)13-7-5-11(3)6-8-13/h5-8,10,15H,9,19H2,1-4H3,(H,20,24)(H,21,22,23)/t15-/m0/s1. The molecule has 2 amide bonds. The molecule has 2 rings (SSSR count). The Morgan fingerprint density at radius 1 is 1.20 bits per heavy atom. The molecule has 1 atom stereocenters. The van der Waals surface area contributed by atoms with Crippen molar-refractivity contribution in [3.8, 4) is 11.3 Å². The normalized spacial score (nSPS) is 12.1. The SMILES string of the molecule is Cc1ccc(-c2nc(NC(=O)CNC(=O)[C@@H](N)C(C)C)sc2C)cc1. The van der Waals surface area contributed by atoms with Crippen molar-refractivity contribution >= 4 is 28.3 Å². The lowest BCUT2D eigenvalue weighted by atomic mass is 10.1. The van der Waals surface area contributed by atoms with E-state index in [4.69, 9.17) is 5.73 Å². The highest BCUT2D eigenvalue weighted by atomic mass is 32.1. The lowest BCUT2D eigenvalue weighted by Crippen LogP contribution is -2.46. The molecule has 0 aliphatic rings. The van der Waals surface area contributed by atoms with Crippen molar-refractivity contribution in [2.75, 3.05) is 11.9 Å². The zero-order valence-corrected chi connectivity index (χ0v) is 15.7. The number of benzene rings is 1. The van der Waals surface area contributed by atoms with Crippen molar-refractivity contribution < 1.29 is 9.59 Å². The summed E-state index contributed by atoms with van der Waals surface area (Å²) in [6.07, 6.45) is 0. The Balaban J connectivity index is 1.97. The summed E-state index contributed by atoms with van der Waals surface area (Å²) in [5.74, 6) is -0.643. The molecule has 1 aromatic carbocycles. The molecule has 0 fully saturated rings. The van der Waals surface area contributed by atoms with Gasteiger partial charge in [0.1, 0.15) is 0 Å². The summed E-state index contributed by atoms with van der Waals surface area (Å²) < 4.78 is 0. The van der Waals surface area contributed by atoms with E-state index < -0.39 is 6.04 Å². The molecule has 0 radical (unpaired) electrons. The number of carbonyl (C=O) groups excluding carboxylic acids is 2. The lowest BCUT2D eigenvalue weighted by molar-refractivity contribution is -0.125. The van der Waals surface area contributed by atoms with Gasteiger partial charge in [-0.05, 0) is 19.8 Å². The van der Waals surface area contributed by atoms with Gasteiger partial charge in [0.25, 0.3) is 0 Å². The van der Waals surface area contributed by atoms with Crippen LogP contribution in [0, 0.1) is 19.8 Å². The Labute approximate surface area is 151 Å². The largest absolute Gasteiger partial charge is 0.346 e. The molecule has 0 unspecified atom stereocenters. The van der Waals surface area contributed by atoms with E-state index in [1.807, 2.05) is 52.0 Å². The molecule has 6 nitrogen and oxygen atoms in total. The Morgan fingerprint density at radius 2 is 1.84 bits per heavy atom. The highest BCUT2D eigenvalue weighted by molar-refractivity contribution is 7.16. The summed E-state index contributed by atoms with van der Waals surface area (Å²) in [6.45, 7) is 7.58. The van der Waals surface area contributed by atoms with Crippen molar-refractivity contribution in [1.29, 1.82) is 0 Å². The van der Waals surface area contributed by atoms with E-state index in [2.05, 4.69) is 15.6 Å². The van der Waals surface area contributed by atoms with E-state index >= 15 is 0 Å². The van der Waals surface area contributed by atoms with E-state index in [9.17, 15) is 9.59 Å². The van der Waals surface area contributed by atoms with Gasteiger partial charge in [-0.25, -0.2) is 4.98 Å². The average Bonchev–Trinajstić information content (AvgIpc) is 2.92. The number of rotatable bonds is 6. The van der Waals surface area contributed by atoms with Gasteiger partial charge in [-0.15, -0.1) is 11.3 Å². The van der Waals surface area contributed by atoms with Crippen LogP contribution in [0.25, 0.3) is 11.3 Å². The summed E-state index contributed by atoms with van der Waals surface area (Å²) in [4.78, 5) is 29.3. The number of aryl methyl sites for hydroxylation is 2. The van der Waals surface area contributed by atoms with Gasteiger partial charge in [0.15, 0.2) is 5.13 Å². The predicted octanol–water partition coefficient (Wildman–Crippen LogP) is 2.46. The van der Waals surface area contributed by atoms with Crippen LogP contribution in [0.4, 0.5) is 5.13 Å². The molecule has 25 heavy (non-hydrogen) atoms. The second-order valence-corrected chi connectivity index (χ2v) is 7.53. The van der Waals surface area contributed by atoms with Gasteiger partial charge < -0.3 is 16.4 Å². The summed E-state index contributed by atoms with van der Waals surface area (Å²) in [5, 5.41) is 5.78. The molecule has 1 aromatic heterocycles. The third-order valence-electron chi connectivity index (χ3n) is 3.81. The van der Waals surface area contributed by atoms with E-state index in [1.165, 1.54) is 16.9 Å². The molecule has 4 N–H and O–H groups in total. The maximum atomic E-state index is 12.0. The smallest absolute Gasteiger partial charge is 0.245 e. The third kappa shape index (κ3) is 5.11. The van der Waals surface area contributed by atoms with Gasteiger partial charge in [-0.3, -0.25) is 9.59 Å². The highest BCUT2D eigenvalue weighted by Gasteiger charge is 2.18. The maximum Gasteiger partial charge on any atom is 0.245 e. The average molecular weight is 360 g/mol. The fourth-order valence-corrected chi connectivity index (χ4v) is 3.03. The van der Waals surface area contributed by atoms with Gasteiger partial charge in [0.2, 0.25) is 11.8 Å². The Hall–Kier alpha value is -2.25. The Kier molecular flexibility index (Phi) is 6.27. The molecule has 7 heteroatoms. The second-order valence-electron chi connectivity index (χ2n) is 6.33. The molecule has 0 aliphatic heterocycles. The van der Waals surface area contributed by atoms with Crippen LogP contribution in [-0.2, 0) is 9.59 Å². The first-order valence-corrected chi connectivity index (χ1v) is 8.97. The number of carbonyl (C=O) groups is 2. The molecule has 0 saturated heterocycles. The Morgan fingerprint density at radius 3 is 2.44 bits per heavy atom. The number of hydrogen-bond donors (Lipinski definition) is 3. The minimum absolute atomic E-state index is 0.0155. The third-order valence-corrected chi connectivity index (χ3v) is 4.70.